The van der Waals surface area contributed by atoms with Crippen molar-refractivity contribution in [3.8, 4) is 0 Å². The predicted octanol–water partition coefficient (Wildman–Crippen LogP) is 1.10. The Balaban J connectivity index is 2.35. The average Bonchev–Trinajstić information content (AvgIpc) is 2.36. The Labute approximate surface area is 103 Å². The summed E-state index contributed by atoms with van der Waals surface area (Å²) in [6.07, 6.45) is 5.57. The smallest absolute Gasteiger partial charge is 0.330 e. The Morgan fingerprint density at radius 3 is 2.56 bits per heavy atom. The number of nitroso groups, excluding NO2 is 1. The molecule has 0 amide bonds. The summed E-state index contributed by atoms with van der Waals surface area (Å²) in [6.45, 7) is 0.434. The molecule has 0 saturated heterocycles. The quantitative estimate of drug-likeness (QED) is 0.784. The van der Waals surface area contributed by atoms with Crippen molar-refractivity contribution < 1.29 is 0 Å². The summed E-state index contributed by atoms with van der Waals surface area (Å²) >= 11 is 0. The summed E-state index contributed by atoms with van der Waals surface area (Å²) in [5.41, 5.74) is 3.85. The molecule has 7 nitrogen and oxygen atoms in total. The molecule has 1 aromatic rings. The van der Waals surface area contributed by atoms with Crippen LogP contribution in [-0.2, 0) is 6.54 Å². The van der Waals surface area contributed by atoms with Crippen molar-refractivity contribution in [2.24, 2.45) is 11.1 Å². The molecule has 98 valence electrons. The van der Waals surface area contributed by atoms with Crippen LogP contribution in [0, 0.1) is 10.8 Å². The lowest BCUT2D eigenvalue weighted by molar-refractivity contribution is 0.316. The van der Waals surface area contributed by atoms with E-state index in [1.165, 1.54) is 11.0 Å². The van der Waals surface area contributed by atoms with Crippen LogP contribution in [-0.4, -0.2) is 9.55 Å². The second kappa shape index (κ2) is 5.16. The van der Waals surface area contributed by atoms with Gasteiger partial charge in [0.1, 0.15) is 5.82 Å². The van der Waals surface area contributed by atoms with Crippen LogP contribution in [0.4, 0.5) is 11.5 Å². The van der Waals surface area contributed by atoms with Crippen LogP contribution >= 0.6 is 0 Å². The molecule has 0 aromatic carbocycles. The van der Waals surface area contributed by atoms with E-state index in [9.17, 15) is 14.5 Å². The highest BCUT2D eigenvalue weighted by Crippen LogP contribution is 2.26. The van der Waals surface area contributed by atoms with Crippen molar-refractivity contribution in [2.75, 3.05) is 5.73 Å². The highest BCUT2D eigenvalue weighted by atomic mass is 16.3. The molecule has 2 rings (SSSR count). The average molecular weight is 252 g/mol. The van der Waals surface area contributed by atoms with Gasteiger partial charge in [-0.15, -0.1) is 4.91 Å². The Hall–Kier alpha value is -1.92. The normalized spacial score (nSPS) is 16.7. The van der Waals surface area contributed by atoms with Gasteiger partial charge >= 0.3 is 5.69 Å². The highest BCUT2D eigenvalue weighted by molar-refractivity contribution is 5.55. The van der Waals surface area contributed by atoms with Crippen LogP contribution < -0.4 is 17.0 Å². The topological polar surface area (TPSA) is 110 Å². The molecular weight excluding hydrogens is 236 g/mol. The fraction of sp³-hybridized carbons (Fsp3) is 0.636. The minimum atomic E-state index is -0.826. The SMILES string of the molecule is Nc1c(N=O)c(=O)[nH]c(=O)n1CC1CCCCC1. The van der Waals surface area contributed by atoms with Gasteiger partial charge in [-0.25, -0.2) is 4.79 Å². The summed E-state index contributed by atoms with van der Waals surface area (Å²) in [6, 6.07) is 0. The van der Waals surface area contributed by atoms with E-state index in [4.69, 9.17) is 5.73 Å². The monoisotopic (exact) mass is 252 g/mol. The first-order valence-electron chi connectivity index (χ1n) is 6.09. The minimum Gasteiger partial charge on any atom is -0.383 e. The molecule has 0 radical (unpaired) electrons. The van der Waals surface area contributed by atoms with Gasteiger partial charge < -0.3 is 5.73 Å². The summed E-state index contributed by atoms with van der Waals surface area (Å²) in [5, 5.41) is 2.59. The number of nitrogens with one attached hydrogen (secondary N) is 1. The van der Waals surface area contributed by atoms with Gasteiger partial charge in [0, 0.05) is 6.54 Å². The van der Waals surface area contributed by atoms with E-state index in [1.54, 1.807) is 0 Å². The van der Waals surface area contributed by atoms with Gasteiger partial charge in [0.25, 0.3) is 5.56 Å². The van der Waals surface area contributed by atoms with Crippen LogP contribution in [0.3, 0.4) is 0 Å². The summed E-state index contributed by atoms with van der Waals surface area (Å²) in [4.78, 5) is 35.6. The van der Waals surface area contributed by atoms with Crippen molar-refractivity contribution in [3.05, 3.63) is 25.7 Å². The zero-order chi connectivity index (χ0) is 13.1. The number of aromatic amines is 1. The largest absolute Gasteiger partial charge is 0.383 e. The minimum absolute atomic E-state index is 0.135. The summed E-state index contributed by atoms with van der Waals surface area (Å²) < 4.78 is 1.24. The lowest BCUT2D eigenvalue weighted by Gasteiger charge is -2.22. The first-order valence-corrected chi connectivity index (χ1v) is 6.09. The second-order valence-electron chi connectivity index (χ2n) is 4.70. The molecule has 1 aliphatic carbocycles. The molecule has 18 heavy (non-hydrogen) atoms. The van der Waals surface area contributed by atoms with Gasteiger partial charge in [-0.05, 0) is 23.9 Å². The van der Waals surface area contributed by atoms with Gasteiger partial charge in [0.05, 0.1) is 0 Å². The van der Waals surface area contributed by atoms with Gasteiger partial charge in [-0.2, -0.15) is 0 Å². The van der Waals surface area contributed by atoms with Crippen molar-refractivity contribution in [1.82, 2.24) is 9.55 Å². The third kappa shape index (κ3) is 2.34. The first kappa shape index (κ1) is 12.5. The zero-order valence-electron chi connectivity index (χ0n) is 10.0. The Kier molecular flexibility index (Phi) is 3.59. The van der Waals surface area contributed by atoms with Crippen LogP contribution in [0.2, 0.25) is 0 Å². The van der Waals surface area contributed by atoms with E-state index in [0.717, 1.165) is 25.7 Å². The Morgan fingerprint density at radius 1 is 1.28 bits per heavy atom. The van der Waals surface area contributed by atoms with Crippen molar-refractivity contribution in [1.29, 1.82) is 0 Å². The van der Waals surface area contributed by atoms with E-state index in [-0.39, 0.29) is 5.82 Å². The van der Waals surface area contributed by atoms with E-state index in [2.05, 4.69) is 10.2 Å². The van der Waals surface area contributed by atoms with Crippen molar-refractivity contribution in [2.45, 2.75) is 38.6 Å². The molecule has 0 bridgehead atoms. The number of H-pyrrole nitrogens is 1. The number of hydrogen-bond acceptors (Lipinski definition) is 5. The zero-order valence-corrected chi connectivity index (χ0v) is 10.0. The van der Waals surface area contributed by atoms with E-state index in [0.29, 0.717) is 12.5 Å². The maximum Gasteiger partial charge on any atom is 0.330 e. The van der Waals surface area contributed by atoms with Gasteiger partial charge in [-0.3, -0.25) is 14.3 Å². The molecule has 1 heterocycles. The molecule has 3 N–H and O–H groups in total. The van der Waals surface area contributed by atoms with E-state index >= 15 is 0 Å². The lowest BCUT2D eigenvalue weighted by atomic mass is 9.89. The van der Waals surface area contributed by atoms with Crippen LogP contribution in [0.25, 0.3) is 0 Å². The molecule has 1 aromatic heterocycles. The number of nitrogens with zero attached hydrogens (tertiary/aromatic N) is 2. The van der Waals surface area contributed by atoms with Crippen molar-refractivity contribution in [3.63, 3.8) is 0 Å². The Morgan fingerprint density at radius 2 is 1.94 bits per heavy atom. The van der Waals surface area contributed by atoms with Gasteiger partial charge in [-0.1, -0.05) is 19.3 Å². The van der Waals surface area contributed by atoms with Crippen LogP contribution in [0.1, 0.15) is 32.1 Å². The summed E-state index contributed by atoms with van der Waals surface area (Å²) in [5.74, 6) is 0.230. The molecule has 1 saturated carbocycles. The standard InChI is InChI=1S/C11H16N4O3/c12-9-8(14-18)10(16)13-11(17)15(9)6-7-4-2-1-3-5-7/h7H,1-6,12H2,(H,13,16,17). The van der Waals surface area contributed by atoms with Crippen molar-refractivity contribution >= 4 is 11.5 Å². The second-order valence-corrected chi connectivity index (χ2v) is 4.70. The number of nitrogens with two attached hydrogens (primary N) is 1. The van der Waals surface area contributed by atoms with Crippen LogP contribution in [0.15, 0.2) is 14.8 Å². The molecule has 0 unspecified atom stereocenters. The molecule has 0 aliphatic heterocycles. The maximum atomic E-state index is 11.7. The number of nitrogen functional groups attached to an aromatic ring is 1. The molecular formula is C11H16N4O3. The number of anilines is 1. The van der Waals surface area contributed by atoms with E-state index < -0.39 is 16.9 Å². The first-order chi connectivity index (χ1) is 8.63. The third-order valence-electron chi connectivity index (χ3n) is 3.47. The number of rotatable bonds is 3. The third-order valence-corrected chi connectivity index (χ3v) is 3.47. The molecule has 7 heteroatoms. The predicted molar refractivity (Wildman–Crippen MR) is 67.8 cm³/mol. The van der Waals surface area contributed by atoms with Gasteiger partial charge in [0.15, 0.2) is 0 Å². The maximum absolute atomic E-state index is 11.7. The fourth-order valence-corrected chi connectivity index (χ4v) is 2.47. The molecule has 0 spiro atoms. The van der Waals surface area contributed by atoms with E-state index in [1.807, 2.05) is 0 Å². The fourth-order valence-electron chi connectivity index (χ4n) is 2.47. The van der Waals surface area contributed by atoms with Gasteiger partial charge in [0.2, 0.25) is 5.69 Å². The number of aromatic nitrogens is 2. The molecule has 0 atom stereocenters. The molecule has 1 aliphatic rings. The number of hydrogen-bond donors (Lipinski definition) is 2. The summed E-state index contributed by atoms with van der Waals surface area (Å²) in [7, 11) is 0. The Bertz CT molecular complexity index is 554. The lowest BCUT2D eigenvalue weighted by Crippen LogP contribution is -2.34. The molecule has 1 fully saturated rings. The van der Waals surface area contributed by atoms with Crippen LogP contribution in [0.5, 0.6) is 0 Å². The highest BCUT2D eigenvalue weighted by Gasteiger charge is 2.18.